The minimum absolute atomic E-state index is 0.0850. The van der Waals surface area contributed by atoms with Crippen molar-refractivity contribution in [1.82, 2.24) is 9.80 Å². The summed E-state index contributed by atoms with van der Waals surface area (Å²) in [5, 5.41) is 9.36. The second kappa shape index (κ2) is 10.9. The van der Waals surface area contributed by atoms with Crippen LogP contribution in [0, 0.1) is 16.7 Å². The van der Waals surface area contributed by atoms with Crippen molar-refractivity contribution in [3.63, 3.8) is 0 Å². The maximum Gasteiger partial charge on any atom is 0.471 e. The highest BCUT2D eigenvalue weighted by Gasteiger charge is 2.54. The van der Waals surface area contributed by atoms with Gasteiger partial charge in [0.25, 0.3) is 0 Å². The number of carbonyl (C=O) groups excluding carboxylic acids is 2. The van der Waals surface area contributed by atoms with Crippen molar-refractivity contribution in [3.05, 3.63) is 71.3 Å². The van der Waals surface area contributed by atoms with E-state index in [1.165, 1.54) is 0 Å². The molecule has 39 heavy (non-hydrogen) atoms. The molecule has 2 amide bonds. The molecule has 0 N–H and O–H groups in total. The number of rotatable bonds is 6. The van der Waals surface area contributed by atoms with Crippen LogP contribution in [-0.2, 0) is 16.0 Å². The Labute approximate surface area is 227 Å². The highest BCUT2D eigenvalue weighted by molar-refractivity contribution is 5.82. The molecule has 0 aromatic heterocycles. The van der Waals surface area contributed by atoms with Crippen LogP contribution in [0.25, 0.3) is 0 Å². The van der Waals surface area contributed by atoms with Gasteiger partial charge in [-0.05, 0) is 75.1 Å². The first-order valence-corrected chi connectivity index (χ1v) is 13.2. The van der Waals surface area contributed by atoms with Gasteiger partial charge in [-0.3, -0.25) is 4.79 Å². The fraction of sp³-hybridized carbons (Fsp3) is 0.500. The van der Waals surface area contributed by atoms with E-state index in [0.717, 1.165) is 16.0 Å². The number of benzene rings is 2. The molecule has 1 heterocycles. The summed E-state index contributed by atoms with van der Waals surface area (Å²) in [4.78, 5) is 28.1. The van der Waals surface area contributed by atoms with Crippen LogP contribution in [0.4, 0.5) is 18.0 Å². The lowest BCUT2D eigenvalue weighted by molar-refractivity contribution is -0.188. The Morgan fingerprint density at radius 1 is 1.08 bits per heavy atom. The minimum Gasteiger partial charge on any atom is -0.444 e. The number of halogens is 3. The molecule has 2 aromatic rings. The molecule has 0 radical (unpaired) electrons. The van der Waals surface area contributed by atoms with Crippen molar-refractivity contribution in [2.45, 2.75) is 70.2 Å². The largest absolute Gasteiger partial charge is 0.471 e. The highest BCUT2D eigenvalue weighted by Crippen LogP contribution is 2.48. The van der Waals surface area contributed by atoms with Crippen LogP contribution in [0.15, 0.2) is 54.6 Å². The van der Waals surface area contributed by atoms with Gasteiger partial charge < -0.3 is 14.5 Å². The van der Waals surface area contributed by atoms with Crippen LogP contribution >= 0.6 is 0 Å². The van der Waals surface area contributed by atoms with Crippen molar-refractivity contribution in [2.75, 3.05) is 19.6 Å². The average molecular weight is 542 g/mol. The highest BCUT2D eigenvalue weighted by atomic mass is 19.4. The first-order valence-electron chi connectivity index (χ1n) is 13.2. The summed E-state index contributed by atoms with van der Waals surface area (Å²) in [5.74, 6) is -1.98. The van der Waals surface area contributed by atoms with Crippen LogP contribution in [0.2, 0.25) is 0 Å². The first kappa shape index (κ1) is 28.5. The number of hydrogen-bond acceptors (Lipinski definition) is 4. The normalized spacial score (nSPS) is 20.6. The molecule has 2 fully saturated rings. The molecule has 1 aliphatic heterocycles. The lowest BCUT2D eigenvalue weighted by Crippen LogP contribution is -2.53. The molecule has 9 heteroatoms. The number of carbonyl (C=O) groups is 2. The number of likely N-dealkylation sites (tertiary alicyclic amines) is 1. The van der Waals surface area contributed by atoms with Crippen molar-refractivity contribution in [1.29, 1.82) is 5.26 Å². The number of ether oxygens (including phenoxy) is 1. The molecular weight excluding hydrogens is 507 g/mol. The standard InChI is InChI=1S/C30H34F3N3O3/c1-28(2,3)39-27(38)35-14-12-29(13-15-35,18-21-8-7-9-22(16-21)19-34)20-36(26(37)30(31,32)33)25-17-24(25)23-10-5-4-6-11-23/h4-11,16,24-25H,12-15,17-18,20H2,1-3H3/t24?,25-/m1/s1. The molecule has 2 aliphatic rings. The smallest absolute Gasteiger partial charge is 0.444 e. The molecule has 0 spiro atoms. The zero-order valence-electron chi connectivity index (χ0n) is 22.5. The molecule has 2 atom stereocenters. The van der Waals surface area contributed by atoms with Gasteiger partial charge in [0.2, 0.25) is 0 Å². The van der Waals surface area contributed by atoms with E-state index < -0.39 is 35.2 Å². The quantitative estimate of drug-likeness (QED) is 0.445. The molecule has 1 saturated carbocycles. The van der Waals surface area contributed by atoms with Crippen LogP contribution in [0.3, 0.4) is 0 Å². The molecule has 4 rings (SSSR count). The topological polar surface area (TPSA) is 73.6 Å². The van der Waals surface area contributed by atoms with E-state index in [1.807, 2.05) is 36.4 Å². The van der Waals surface area contributed by atoms with Crippen molar-refractivity contribution in [2.24, 2.45) is 5.41 Å². The number of piperidine rings is 1. The van der Waals surface area contributed by atoms with Gasteiger partial charge in [-0.15, -0.1) is 0 Å². The summed E-state index contributed by atoms with van der Waals surface area (Å²) in [7, 11) is 0. The second-order valence-electron chi connectivity index (χ2n) is 11.7. The van der Waals surface area contributed by atoms with Gasteiger partial charge in [-0.1, -0.05) is 42.5 Å². The summed E-state index contributed by atoms with van der Waals surface area (Å²) in [6.07, 6.45) is -3.81. The van der Waals surface area contributed by atoms with E-state index >= 15 is 0 Å². The van der Waals surface area contributed by atoms with Gasteiger partial charge in [0.15, 0.2) is 0 Å². The summed E-state index contributed by atoms with van der Waals surface area (Å²) in [6.45, 7) is 5.85. The predicted octanol–water partition coefficient (Wildman–Crippen LogP) is 6.07. The molecule has 1 saturated heterocycles. The van der Waals surface area contributed by atoms with E-state index in [1.54, 1.807) is 43.9 Å². The Hall–Kier alpha value is -3.54. The third-order valence-corrected chi connectivity index (χ3v) is 7.50. The molecule has 6 nitrogen and oxygen atoms in total. The monoisotopic (exact) mass is 541 g/mol. The fourth-order valence-electron chi connectivity index (χ4n) is 5.51. The van der Waals surface area contributed by atoms with Gasteiger partial charge in [0, 0.05) is 31.6 Å². The van der Waals surface area contributed by atoms with E-state index in [2.05, 4.69) is 6.07 Å². The Morgan fingerprint density at radius 2 is 1.74 bits per heavy atom. The third kappa shape index (κ3) is 7.11. The summed E-state index contributed by atoms with van der Waals surface area (Å²) in [5.41, 5.74) is 0.811. The van der Waals surface area contributed by atoms with Crippen LogP contribution in [-0.4, -0.2) is 59.3 Å². The van der Waals surface area contributed by atoms with Gasteiger partial charge >= 0.3 is 18.2 Å². The fourth-order valence-corrected chi connectivity index (χ4v) is 5.51. The summed E-state index contributed by atoms with van der Waals surface area (Å²) < 4.78 is 47.1. The number of alkyl halides is 3. The van der Waals surface area contributed by atoms with Crippen molar-refractivity contribution < 1.29 is 27.5 Å². The zero-order chi connectivity index (χ0) is 28.4. The number of hydrogen-bond donors (Lipinski definition) is 0. The third-order valence-electron chi connectivity index (χ3n) is 7.50. The molecule has 1 unspecified atom stereocenters. The average Bonchev–Trinajstić information content (AvgIpc) is 3.67. The molecule has 0 bridgehead atoms. The SMILES string of the molecule is CC(C)(C)OC(=O)N1CCC(Cc2cccc(C#N)c2)(CN(C(=O)C(F)(F)F)[C@@H]2CC2c2ccccc2)CC1. The first-order chi connectivity index (χ1) is 18.3. The lowest BCUT2D eigenvalue weighted by atomic mass is 9.73. The van der Waals surface area contributed by atoms with E-state index in [9.17, 15) is 28.0 Å². The van der Waals surface area contributed by atoms with Crippen LogP contribution in [0.5, 0.6) is 0 Å². The van der Waals surface area contributed by atoms with Gasteiger partial charge in [-0.25, -0.2) is 4.79 Å². The predicted molar refractivity (Wildman–Crippen MR) is 140 cm³/mol. The van der Waals surface area contributed by atoms with Gasteiger partial charge in [0.05, 0.1) is 11.6 Å². The molecule has 1 aliphatic carbocycles. The Kier molecular flexibility index (Phi) is 7.97. The molecule has 2 aromatic carbocycles. The molecular formula is C30H34F3N3O3. The van der Waals surface area contributed by atoms with Gasteiger partial charge in [-0.2, -0.15) is 18.4 Å². The summed E-state index contributed by atoms with van der Waals surface area (Å²) in [6, 6.07) is 17.9. The maximum atomic E-state index is 13.9. The molecule has 208 valence electrons. The zero-order valence-corrected chi connectivity index (χ0v) is 22.5. The lowest BCUT2D eigenvalue weighted by Gasteiger charge is -2.45. The maximum absolute atomic E-state index is 13.9. The minimum atomic E-state index is -5.00. The second-order valence-corrected chi connectivity index (χ2v) is 11.7. The van der Waals surface area contributed by atoms with E-state index in [-0.39, 0.29) is 12.5 Å². The van der Waals surface area contributed by atoms with Crippen molar-refractivity contribution in [3.8, 4) is 6.07 Å². The Balaban J connectivity index is 1.62. The van der Waals surface area contributed by atoms with Gasteiger partial charge in [0.1, 0.15) is 5.60 Å². The van der Waals surface area contributed by atoms with Crippen LogP contribution in [0.1, 0.15) is 62.6 Å². The van der Waals surface area contributed by atoms with Crippen molar-refractivity contribution >= 4 is 12.0 Å². The summed E-state index contributed by atoms with van der Waals surface area (Å²) >= 11 is 0. The van der Waals surface area contributed by atoms with E-state index in [4.69, 9.17) is 4.74 Å². The van der Waals surface area contributed by atoms with E-state index in [0.29, 0.717) is 44.3 Å². The Morgan fingerprint density at radius 3 is 2.33 bits per heavy atom. The number of nitrogens with zero attached hydrogens (tertiary/aromatic N) is 3. The number of amides is 2. The Bertz CT molecular complexity index is 1230. The van der Waals surface area contributed by atoms with Crippen LogP contribution < -0.4 is 0 Å². The number of nitriles is 1.